The summed E-state index contributed by atoms with van der Waals surface area (Å²) in [6.45, 7) is 0. The molecule has 2 aromatic carbocycles. The largest absolute Gasteiger partial charge is 1.00 e. The standard InChI is InChI=1S/C12H11AsO3.2Na/c14-13(15,16)12-9-5-4-8-11(12)10-6-2-1-3-7-10;;/h1-9H,(H2,14,15,16);;/q;2*+1/p-2. The summed E-state index contributed by atoms with van der Waals surface area (Å²) in [7, 11) is 0. The summed E-state index contributed by atoms with van der Waals surface area (Å²) in [6.07, 6.45) is 0. The van der Waals surface area contributed by atoms with Gasteiger partial charge in [-0.2, -0.15) is 0 Å². The van der Waals surface area contributed by atoms with Crippen molar-refractivity contribution in [2.45, 2.75) is 0 Å². The van der Waals surface area contributed by atoms with Crippen molar-refractivity contribution in [1.29, 1.82) is 0 Å². The van der Waals surface area contributed by atoms with Crippen molar-refractivity contribution in [1.82, 2.24) is 0 Å². The Morgan fingerprint density at radius 3 is 1.83 bits per heavy atom. The predicted molar refractivity (Wildman–Crippen MR) is 58.0 cm³/mol. The van der Waals surface area contributed by atoms with E-state index in [2.05, 4.69) is 0 Å². The molecular formula is C12H9AsNa2O3. The summed E-state index contributed by atoms with van der Waals surface area (Å²) in [5, 5.41) is 0. The third kappa shape index (κ3) is 4.68. The van der Waals surface area contributed by atoms with Gasteiger partial charge < -0.3 is 0 Å². The molecule has 0 fully saturated rings. The Labute approximate surface area is 153 Å². The van der Waals surface area contributed by atoms with E-state index in [4.69, 9.17) is 0 Å². The van der Waals surface area contributed by atoms with Crippen molar-refractivity contribution in [3.8, 4) is 11.1 Å². The zero-order valence-corrected chi connectivity index (χ0v) is 16.2. The molecule has 0 N–H and O–H groups in total. The molecule has 0 saturated heterocycles. The fourth-order valence-corrected chi connectivity index (χ4v) is 3.18. The molecule has 0 atom stereocenters. The minimum absolute atomic E-state index is 0. The Balaban J connectivity index is 0.00000144. The van der Waals surface area contributed by atoms with Crippen LogP contribution in [0.3, 0.4) is 0 Å². The van der Waals surface area contributed by atoms with Gasteiger partial charge in [-0.15, -0.1) is 0 Å². The Kier molecular flexibility index (Phi) is 8.43. The second kappa shape index (κ2) is 8.11. The van der Waals surface area contributed by atoms with Gasteiger partial charge in [-0.1, -0.05) is 0 Å². The van der Waals surface area contributed by atoms with Crippen LogP contribution < -0.4 is 71.7 Å². The van der Waals surface area contributed by atoms with Gasteiger partial charge in [-0.3, -0.25) is 0 Å². The van der Waals surface area contributed by atoms with E-state index in [1.807, 2.05) is 6.07 Å². The molecule has 82 valence electrons. The predicted octanol–water partition coefficient (Wildman–Crippen LogP) is -6.34. The summed E-state index contributed by atoms with van der Waals surface area (Å²) < 4.78 is 33.4. The maximum Gasteiger partial charge on any atom is 1.00 e. The van der Waals surface area contributed by atoms with Crippen LogP contribution in [0, 0.1) is 0 Å². The number of hydrogen-bond donors (Lipinski definition) is 0. The molecule has 6 heteroatoms. The monoisotopic (exact) mass is 322 g/mol. The molecule has 0 saturated carbocycles. The van der Waals surface area contributed by atoms with Gasteiger partial charge in [-0.25, -0.2) is 0 Å². The van der Waals surface area contributed by atoms with Crippen LogP contribution in [0.25, 0.3) is 11.1 Å². The van der Waals surface area contributed by atoms with Crippen LogP contribution in [-0.4, -0.2) is 14.2 Å². The first kappa shape index (κ1) is 18.7. The first-order valence-electron chi connectivity index (χ1n) is 4.76. The molecule has 18 heavy (non-hydrogen) atoms. The van der Waals surface area contributed by atoms with Crippen molar-refractivity contribution in [2.75, 3.05) is 0 Å². The Bertz CT molecular complexity index is 540. The molecule has 0 radical (unpaired) electrons. The molecule has 2 rings (SSSR count). The number of rotatable bonds is 2. The van der Waals surface area contributed by atoms with E-state index in [-0.39, 0.29) is 63.5 Å². The molecule has 0 bridgehead atoms. The van der Waals surface area contributed by atoms with E-state index in [9.17, 15) is 11.9 Å². The summed E-state index contributed by atoms with van der Waals surface area (Å²) in [5.41, 5.74) is 1.22. The molecule has 0 spiro atoms. The molecule has 0 heterocycles. The van der Waals surface area contributed by atoms with Gasteiger partial charge >= 0.3 is 155 Å². The third-order valence-electron chi connectivity index (χ3n) is 2.28. The van der Waals surface area contributed by atoms with E-state index in [1.54, 1.807) is 42.5 Å². The summed E-state index contributed by atoms with van der Waals surface area (Å²) >= 11 is -5.35. The van der Waals surface area contributed by atoms with Crippen LogP contribution in [0.15, 0.2) is 54.6 Å². The zero-order chi connectivity index (χ0) is 11.6. The zero-order valence-electron chi connectivity index (χ0n) is 10.4. The second-order valence-corrected chi connectivity index (χ2v) is 6.48. The van der Waals surface area contributed by atoms with Gasteiger partial charge in [0, 0.05) is 0 Å². The van der Waals surface area contributed by atoms with Crippen LogP contribution in [-0.2, 0) is 3.74 Å². The van der Waals surface area contributed by atoms with Crippen molar-refractivity contribution in [2.24, 2.45) is 0 Å². The SMILES string of the molecule is O=[As]([O-])([O-])c1ccccc1-c1ccccc1.[Na+].[Na+]. The molecular weight excluding hydrogens is 313 g/mol. The Hall–Kier alpha value is 0.718. The van der Waals surface area contributed by atoms with E-state index >= 15 is 0 Å². The number of hydrogen-bond acceptors (Lipinski definition) is 3. The fourth-order valence-electron chi connectivity index (χ4n) is 1.57. The van der Waals surface area contributed by atoms with Crippen LogP contribution >= 0.6 is 0 Å². The first-order valence-corrected chi connectivity index (χ1v) is 8.00. The van der Waals surface area contributed by atoms with Crippen LogP contribution in [0.2, 0.25) is 0 Å². The number of benzene rings is 2. The minimum atomic E-state index is -5.35. The molecule has 0 aromatic heterocycles. The van der Waals surface area contributed by atoms with E-state index in [0.29, 0.717) is 5.56 Å². The summed E-state index contributed by atoms with van der Waals surface area (Å²) in [6, 6.07) is 15.3. The molecule has 2 aromatic rings. The Morgan fingerprint density at radius 1 is 0.778 bits per heavy atom. The summed E-state index contributed by atoms with van der Waals surface area (Å²) in [5.74, 6) is 0. The van der Waals surface area contributed by atoms with Crippen molar-refractivity contribution < 1.29 is 71.0 Å². The summed E-state index contributed by atoms with van der Waals surface area (Å²) in [4.78, 5) is 0. The third-order valence-corrected chi connectivity index (χ3v) is 4.34. The van der Waals surface area contributed by atoms with Gasteiger partial charge in [0.05, 0.1) is 0 Å². The maximum absolute atomic E-state index is 11.2. The average molecular weight is 322 g/mol. The van der Waals surface area contributed by atoms with Gasteiger partial charge in [0.15, 0.2) is 0 Å². The van der Waals surface area contributed by atoms with Crippen LogP contribution in [0.5, 0.6) is 0 Å². The molecule has 0 aliphatic rings. The first-order chi connectivity index (χ1) is 7.59. The van der Waals surface area contributed by atoms with E-state index in [1.165, 1.54) is 6.07 Å². The van der Waals surface area contributed by atoms with Crippen LogP contribution in [0.4, 0.5) is 0 Å². The molecule has 0 aliphatic carbocycles. The Morgan fingerprint density at radius 2 is 1.28 bits per heavy atom. The van der Waals surface area contributed by atoms with Crippen LogP contribution in [0.1, 0.15) is 0 Å². The van der Waals surface area contributed by atoms with Gasteiger partial charge in [0.2, 0.25) is 0 Å². The van der Waals surface area contributed by atoms with Crippen molar-refractivity contribution >= 4 is 18.5 Å². The minimum Gasteiger partial charge on any atom is 1.00 e. The smallest absolute Gasteiger partial charge is 1.00 e. The van der Waals surface area contributed by atoms with Crippen molar-refractivity contribution in [3.63, 3.8) is 0 Å². The fraction of sp³-hybridized carbons (Fsp3) is 0. The van der Waals surface area contributed by atoms with E-state index < -0.39 is 14.2 Å². The topological polar surface area (TPSA) is 63.2 Å². The molecule has 0 aliphatic heterocycles. The van der Waals surface area contributed by atoms with Gasteiger partial charge in [0.25, 0.3) is 0 Å². The average Bonchev–Trinajstić information content (AvgIpc) is 2.29. The quantitative estimate of drug-likeness (QED) is 0.517. The normalized spacial score (nSPS) is 10.1. The maximum atomic E-state index is 11.2. The van der Waals surface area contributed by atoms with E-state index in [0.717, 1.165) is 5.56 Å². The van der Waals surface area contributed by atoms with Crippen molar-refractivity contribution in [3.05, 3.63) is 54.6 Å². The second-order valence-electron chi connectivity index (χ2n) is 3.38. The van der Waals surface area contributed by atoms with Gasteiger partial charge in [-0.05, 0) is 0 Å². The molecule has 0 unspecified atom stereocenters. The molecule has 3 nitrogen and oxygen atoms in total. The molecule has 0 amide bonds. The van der Waals surface area contributed by atoms with Gasteiger partial charge in [0.1, 0.15) is 0 Å².